The number of hydrogen-bond acceptors (Lipinski definition) is 5. The molecule has 7 heteroatoms. The molecule has 0 spiro atoms. The summed E-state index contributed by atoms with van der Waals surface area (Å²) in [5, 5.41) is 41.9. The number of hydrogen-bond donors (Lipinski definition) is 0. The summed E-state index contributed by atoms with van der Waals surface area (Å²) in [6.07, 6.45) is 1.34. The van der Waals surface area contributed by atoms with E-state index in [0.717, 1.165) is 10.8 Å². The van der Waals surface area contributed by atoms with Crippen LogP contribution in [0.1, 0.15) is 18.1 Å². The van der Waals surface area contributed by atoms with Gasteiger partial charge in [-0.05, 0) is 21.9 Å². The Balaban J connectivity index is 0.00000127. The molecule has 27 heavy (non-hydrogen) atoms. The second-order valence-electron chi connectivity index (χ2n) is 5.00. The Bertz CT molecular complexity index is 884. The molecule has 0 saturated heterocycles. The summed E-state index contributed by atoms with van der Waals surface area (Å²) in [4.78, 5) is 0. The minimum atomic E-state index is -0.440. The van der Waals surface area contributed by atoms with Gasteiger partial charge in [0, 0.05) is 24.5 Å². The number of rotatable bonds is 3. The summed E-state index contributed by atoms with van der Waals surface area (Å²) >= 11 is 0. The zero-order chi connectivity index (χ0) is 18.1. The molecule has 0 heterocycles. The normalized spacial score (nSPS) is 10.5. The second kappa shape index (κ2) is 12.7. The summed E-state index contributed by atoms with van der Waals surface area (Å²) in [6.45, 7) is 1.57. The van der Waals surface area contributed by atoms with Gasteiger partial charge in [0.1, 0.15) is 0 Å². The third-order valence-corrected chi connectivity index (χ3v) is 3.29. The van der Waals surface area contributed by atoms with Gasteiger partial charge in [0.2, 0.25) is 0 Å². The van der Waals surface area contributed by atoms with Crippen molar-refractivity contribution >= 4 is 22.9 Å². The molecule has 0 atom stereocenters. The summed E-state index contributed by atoms with van der Waals surface area (Å²) in [6, 6.07) is 19.4. The minimum absolute atomic E-state index is 0. The van der Waals surface area contributed by atoms with E-state index < -0.39 is 5.90 Å². The van der Waals surface area contributed by atoms with E-state index in [4.69, 9.17) is 5.11 Å². The first-order valence-electron chi connectivity index (χ1n) is 7.77. The van der Waals surface area contributed by atoms with E-state index in [0.29, 0.717) is 11.1 Å². The van der Waals surface area contributed by atoms with Crippen LogP contribution >= 0.6 is 0 Å². The van der Waals surface area contributed by atoms with Crippen LogP contribution in [0.3, 0.4) is 0 Å². The first kappa shape index (κ1) is 24.4. The predicted molar refractivity (Wildman–Crippen MR) is 95.2 cm³/mol. The van der Waals surface area contributed by atoms with Crippen molar-refractivity contribution in [3.05, 3.63) is 77.9 Å². The maximum absolute atomic E-state index is 12.0. The Morgan fingerprint density at radius 2 is 1.56 bits per heavy atom. The van der Waals surface area contributed by atoms with Gasteiger partial charge < -0.3 is 20.8 Å². The van der Waals surface area contributed by atoms with Gasteiger partial charge in [-0.1, -0.05) is 79.4 Å². The van der Waals surface area contributed by atoms with Gasteiger partial charge in [-0.2, -0.15) is 10.2 Å². The maximum Gasteiger partial charge on any atom is 0.0567 e. The summed E-state index contributed by atoms with van der Waals surface area (Å²) in [7, 11) is 0. The standard InChI is InChI=1S/C18H14N2O2.C2H5O.O.V/c21-17-11-10-13-6-4-5-9-15(13)16(17)12-19-20-18(22)14-7-2-1-3-8-14;1-2-3;;/h1-12,21H,(H,20,22);2H2,1H3;;/q;-1;-2;/p-2/b19-12+;;;. The van der Waals surface area contributed by atoms with Crippen LogP contribution in [0.25, 0.3) is 10.8 Å². The van der Waals surface area contributed by atoms with E-state index in [1.807, 2.05) is 30.3 Å². The molecule has 0 saturated carbocycles. The molecule has 141 valence electrons. The van der Waals surface area contributed by atoms with E-state index >= 15 is 0 Å². The van der Waals surface area contributed by atoms with Crippen molar-refractivity contribution in [1.29, 1.82) is 0 Å². The van der Waals surface area contributed by atoms with Gasteiger partial charge >= 0.3 is 0 Å². The van der Waals surface area contributed by atoms with Crippen molar-refractivity contribution in [1.82, 2.24) is 0 Å². The molecule has 6 nitrogen and oxygen atoms in total. The van der Waals surface area contributed by atoms with Crippen LogP contribution in [-0.4, -0.2) is 18.7 Å². The topological polar surface area (TPSA) is 122 Å². The van der Waals surface area contributed by atoms with Crippen molar-refractivity contribution in [2.45, 2.75) is 6.92 Å². The van der Waals surface area contributed by atoms with Crippen LogP contribution in [0.5, 0.6) is 5.75 Å². The Labute approximate surface area is 169 Å². The van der Waals surface area contributed by atoms with E-state index in [2.05, 4.69) is 10.2 Å². The molecule has 3 rings (SSSR count). The van der Waals surface area contributed by atoms with E-state index in [9.17, 15) is 10.2 Å². The number of nitrogens with zero attached hydrogens (tertiary/aromatic N) is 2. The molecule has 0 unspecified atom stereocenters. The molecule has 0 aromatic heterocycles. The monoisotopic (exact) mass is 400 g/mol. The molecule has 0 fully saturated rings. The second-order valence-corrected chi connectivity index (χ2v) is 5.00. The average Bonchev–Trinajstić information content (AvgIpc) is 2.65. The molecule has 3 aromatic rings. The molecule has 0 N–H and O–H groups in total. The Morgan fingerprint density at radius 1 is 0.963 bits per heavy atom. The Morgan fingerprint density at radius 3 is 2.22 bits per heavy atom. The SMILES string of the molecule is CC[O-].[O-2].[O-]/C(=N\N=C\c1c([O-])ccc2ccccc12)c1ccccc1.[V]. The predicted octanol–water partition coefficient (Wildman–Crippen LogP) is 1.30. The Kier molecular flexibility index (Phi) is 11.4. The van der Waals surface area contributed by atoms with E-state index in [1.165, 1.54) is 12.3 Å². The number of benzene rings is 3. The molecular formula is C20H17N2O4V-5. The summed E-state index contributed by atoms with van der Waals surface area (Å²) in [5.41, 5.74) is 0.891. The van der Waals surface area contributed by atoms with Gasteiger partial charge in [0.05, 0.1) is 6.21 Å². The smallest absolute Gasteiger partial charge is 0.0567 e. The van der Waals surface area contributed by atoms with Crippen molar-refractivity contribution < 1.29 is 39.4 Å². The van der Waals surface area contributed by atoms with Crippen LogP contribution < -0.4 is 15.3 Å². The summed E-state index contributed by atoms with van der Waals surface area (Å²) < 4.78 is 0. The quantitative estimate of drug-likeness (QED) is 0.374. The van der Waals surface area contributed by atoms with Gasteiger partial charge in [-0.3, -0.25) is 0 Å². The van der Waals surface area contributed by atoms with Crippen molar-refractivity contribution in [3.8, 4) is 5.75 Å². The Hall–Kier alpha value is -2.64. The maximum atomic E-state index is 12.0. The third-order valence-electron chi connectivity index (χ3n) is 3.29. The molecule has 0 bridgehead atoms. The summed E-state index contributed by atoms with van der Waals surface area (Å²) in [5.74, 6) is -0.589. The fourth-order valence-corrected chi connectivity index (χ4v) is 2.19. The molecule has 0 aliphatic rings. The zero-order valence-electron chi connectivity index (χ0n) is 14.6. The first-order valence-corrected chi connectivity index (χ1v) is 7.77. The van der Waals surface area contributed by atoms with Gasteiger partial charge in [0.15, 0.2) is 0 Å². The molecule has 1 radical (unpaired) electrons. The van der Waals surface area contributed by atoms with E-state index in [1.54, 1.807) is 37.3 Å². The number of fused-ring (bicyclic) bond motifs is 1. The van der Waals surface area contributed by atoms with Gasteiger partial charge in [0.25, 0.3) is 0 Å². The molecule has 0 amide bonds. The van der Waals surface area contributed by atoms with Crippen molar-refractivity contribution in [3.63, 3.8) is 0 Å². The first-order chi connectivity index (χ1) is 12.2. The largest absolute Gasteiger partial charge is 2.00 e. The fraction of sp³-hybridized carbons (Fsp3) is 0.100. The van der Waals surface area contributed by atoms with Crippen LogP contribution in [0.4, 0.5) is 0 Å². The fourth-order valence-electron chi connectivity index (χ4n) is 2.19. The minimum Gasteiger partial charge on any atom is -2.00 e. The molecule has 0 aliphatic heterocycles. The molecule has 0 aliphatic carbocycles. The van der Waals surface area contributed by atoms with Gasteiger partial charge in [-0.15, -0.1) is 6.61 Å². The average molecular weight is 400 g/mol. The molecular weight excluding hydrogens is 383 g/mol. The van der Waals surface area contributed by atoms with Crippen molar-refractivity contribution in [2.75, 3.05) is 6.61 Å². The van der Waals surface area contributed by atoms with E-state index in [-0.39, 0.29) is 36.4 Å². The van der Waals surface area contributed by atoms with Gasteiger partial charge in [-0.25, -0.2) is 0 Å². The molecule has 3 aromatic carbocycles. The zero-order valence-corrected chi connectivity index (χ0v) is 16.0. The van der Waals surface area contributed by atoms with Crippen LogP contribution in [-0.2, 0) is 24.0 Å². The van der Waals surface area contributed by atoms with Crippen LogP contribution in [0.2, 0.25) is 0 Å². The van der Waals surface area contributed by atoms with Crippen molar-refractivity contribution in [2.24, 2.45) is 10.2 Å². The third kappa shape index (κ3) is 6.88. The van der Waals surface area contributed by atoms with Crippen LogP contribution in [0.15, 0.2) is 76.9 Å². The van der Waals surface area contributed by atoms with Crippen LogP contribution in [0, 0.1) is 0 Å².